The van der Waals surface area contributed by atoms with Crippen LogP contribution < -0.4 is 10.6 Å². The molecule has 0 saturated carbocycles. The topological polar surface area (TPSA) is 79.8 Å². The molecule has 6 nitrogen and oxygen atoms in total. The van der Waals surface area contributed by atoms with Gasteiger partial charge in [-0.25, -0.2) is 9.97 Å². The second kappa shape index (κ2) is 7.72. The molecule has 3 aromatic rings. The Labute approximate surface area is 150 Å². The van der Waals surface area contributed by atoms with Crippen LogP contribution in [0.25, 0.3) is 0 Å². The van der Waals surface area contributed by atoms with Gasteiger partial charge in [-0.1, -0.05) is 23.7 Å². The Morgan fingerprint density at radius 1 is 1.20 bits per heavy atom. The van der Waals surface area contributed by atoms with E-state index in [4.69, 9.17) is 11.6 Å². The van der Waals surface area contributed by atoms with Crippen molar-refractivity contribution >= 4 is 29.0 Å². The maximum absolute atomic E-state index is 12.4. The van der Waals surface area contributed by atoms with Crippen LogP contribution in [0.1, 0.15) is 21.6 Å². The van der Waals surface area contributed by atoms with Crippen LogP contribution in [0, 0.1) is 6.92 Å². The normalized spacial score (nSPS) is 10.3. The van der Waals surface area contributed by atoms with E-state index in [-0.39, 0.29) is 11.6 Å². The maximum atomic E-state index is 12.4. The van der Waals surface area contributed by atoms with Crippen molar-refractivity contribution in [2.45, 2.75) is 13.5 Å². The lowest BCUT2D eigenvalue weighted by Crippen LogP contribution is -2.15. The van der Waals surface area contributed by atoms with Crippen LogP contribution in [0.2, 0.25) is 5.02 Å². The van der Waals surface area contributed by atoms with E-state index in [1.165, 1.54) is 6.33 Å². The van der Waals surface area contributed by atoms with Gasteiger partial charge in [0.2, 0.25) is 0 Å². The number of aryl methyl sites for hydroxylation is 1. The minimum absolute atomic E-state index is 0.267. The van der Waals surface area contributed by atoms with Gasteiger partial charge >= 0.3 is 0 Å². The monoisotopic (exact) mass is 353 g/mol. The van der Waals surface area contributed by atoms with Crippen molar-refractivity contribution in [3.05, 3.63) is 77.0 Å². The summed E-state index contributed by atoms with van der Waals surface area (Å²) in [5.41, 5.74) is 2.85. The molecule has 3 rings (SSSR count). The Balaban J connectivity index is 1.70. The first-order chi connectivity index (χ1) is 12.1. The van der Waals surface area contributed by atoms with Gasteiger partial charge in [0.1, 0.15) is 17.8 Å². The van der Waals surface area contributed by atoms with E-state index in [2.05, 4.69) is 25.6 Å². The summed E-state index contributed by atoms with van der Waals surface area (Å²) in [5, 5.41) is 6.52. The molecule has 0 fully saturated rings. The van der Waals surface area contributed by atoms with E-state index in [1.807, 2.05) is 25.1 Å². The number of nitrogens with one attached hydrogen (secondary N) is 2. The molecule has 2 aromatic heterocycles. The summed E-state index contributed by atoms with van der Waals surface area (Å²) in [6.45, 7) is 2.45. The highest BCUT2D eigenvalue weighted by Crippen LogP contribution is 2.20. The molecule has 1 aromatic carbocycles. The first kappa shape index (κ1) is 16.9. The second-order valence-corrected chi connectivity index (χ2v) is 5.85. The SMILES string of the molecule is Cc1ccc(Cl)cc1NC(=O)c1cc(NCc2cccnc2)ncn1. The van der Waals surface area contributed by atoms with Gasteiger partial charge in [-0.15, -0.1) is 0 Å². The van der Waals surface area contributed by atoms with Crippen molar-refractivity contribution in [3.8, 4) is 0 Å². The second-order valence-electron chi connectivity index (χ2n) is 5.42. The highest BCUT2D eigenvalue weighted by atomic mass is 35.5. The lowest BCUT2D eigenvalue weighted by Gasteiger charge is -2.09. The molecule has 1 amide bonds. The Morgan fingerprint density at radius 2 is 2.08 bits per heavy atom. The van der Waals surface area contributed by atoms with Crippen molar-refractivity contribution < 1.29 is 4.79 Å². The zero-order valence-electron chi connectivity index (χ0n) is 13.5. The molecule has 0 bridgehead atoms. The zero-order valence-corrected chi connectivity index (χ0v) is 14.3. The van der Waals surface area contributed by atoms with E-state index < -0.39 is 0 Å². The van der Waals surface area contributed by atoms with Gasteiger partial charge < -0.3 is 10.6 Å². The molecular formula is C18H16ClN5O. The van der Waals surface area contributed by atoms with Crippen LogP contribution in [0.3, 0.4) is 0 Å². The molecule has 0 spiro atoms. The lowest BCUT2D eigenvalue weighted by atomic mass is 10.2. The quantitative estimate of drug-likeness (QED) is 0.731. The number of pyridine rings is 1. The number of amides is 1. The molecule has 7 heteroatoms. The van der Waals surface area contributed by atoms with Gasteiger partial charge in [-0.2, -0.15) is 0 Å². The standard InChI is InChI=1S/C18H16ClN5O/c1-12-4-5-14(19)7-15(12)24-18(25)16-8-17(23-11-22-16)21-10-13-3-2-6-20-9-13/h2-9,11H,10H2,1H3,(H,24,25)(H,21,22,23). The predicted molar refractivity (Wildman–Crippen MR) is 97.7 cm³/mol. The number of carbonyl (C=O) groups is 1. The van der Waals surface area contributed by atoms with Gasteiger partial charge in [0, 0.05) is 35.7 Å². The first-order valence-corrected chi connectivity index (χ1v) is 8.02. The summed E-state index contributed by atoms with van der Waals surface area (Å²) in [4.78, 5) is 24.6. The van der Waals surface area contributed by atoms with Crippen LogP contribution >= 0.6 is 11.6 Å². The molecule has 0 saturated heterocycles. The molecule has 0 aliphatic heterocycles. The average Bonchev–Trinajstić information content (AvgIpc) is 2.64. The third-order valence-corrected chi connectivity index (χ3v) is 3.78. The minimum atomic E-state index is -0.322. The summed E-state index contributed by atoms with van der Waals surface area (Å²) in [6.07, 6.45) is 4.84. The van der Waals surface area contributed by atoms with Crippen LogP contribution in [0.15, 0.2) is 55.1 Å². The van der Waals surface area contributed by atoms with E-state index >= 15 is 0 Å². The van der Waals surface area contributed by atoms with E-state index in [9.17, 15) is 4.79 Å². The Kier molecular flexibility index (Phi) is 5.20. The Bertz CT molecular complexity index is 886. The third-order valence-electron chi connectivity index (χ3n) is 3.54. The van der Waals surface area contributed by atoms with Crippen molar-refractivity contribution in [2.24, 2.45) is 0 Å². The molecule has 0 radical (unpaired) electrons. The first-order valence-electron chi connectivity index (χ1n) is 7.64. The number of nitrogens with zero attached hydrogens (tertiary/aromatic N) is 3. The van der Waals surface area contributed by atoms with Crippen molar-refractivity contribution in [3.63, 3.8) is 0 Å². The fourth-order valence-electron chi connectivity index (χ4n) is 2.19. The minimum Gasteiger partial charge on any atom is -0.366 e. The van der Waals surface area contributed by atoms with Gasteiger partial charge in [0.25, 0.3) is 5.91 Å². The molecule has 0 aliphatic carbocycles. The lowest BCUT2D eigenvalue weighted by molar-refractivity contribution is 0.102. The van der Waals surface area contributed by atoms with Crippen LogP contribution in [-0.2, 0) is 6.54 Å². The van der Waals surface area contributed by atoms with Crippen LogP contribution in [0.4, 0.5) is 11.5 Å². The Hall–Kier alpha value is -2.99. The van der Waals surface area contributed by atoms with Crippen molar-refractivity contribution in [1.82, 2.24) is 15.0 Å². The molecule has 0 aliphatic rings. The number of halogens is 1. The van der Waals surface area contributed by atoms with Crippen molar-refractivity contribution in [2.75, 3.05) is 10.6 Å². The van der Waals surface area contributed by atoms with Gasteiger partial charge in [0.15, 0.2) is 0 Å². The number of carbonyl (C=O) groups excluding carboxylic acids is 1. The largest absolute Gasteiger partial charge is 0.366 e. The number of anilines is 2. The van der Waals surface area contributed by atoms with Crippen LogP contribution in [-0.4, -0.2) is 20.9 Å². The summed E-state index contributed by atoms with van der Waals surface area (Å²) < 4.78 is 0. The van der Waals surface area contributed by atoms with Crippen LogP contribution in [0.5, 0.6) is 0 Å². The maximum Gasteiger partial charge on any atom is 0.274 e. The summed E-state index contributed by atoms with van der Waals surface area (Å²) in [6, 6.07) is 10.7. The fourth-order valence-corrected chi connectivity index (χ4v) is 2.36. The predicted octanol–water partition coefficient (Wildman–Crippen LogP) is 3.70. The number of hydrogen-bond donors (Lipinski definition) is 2. The number of benzene rings is 1. The summed E-state index contributed by atoms with van der Waals surface area (Å²) in [5.74, 6) is 0.240. The van der Waals surface area contributed by atoms with E-state index in [1.54, 1.807) is 30.6 Å². The zero-order chi connectivity index (χ0) is 17.6. The van der Waals surface area contributed by atoms with Gasteiger partial charge in [0.05, 0.1) is 0 Å². The van der Waals surface area contributed by atoms with Gasteiger partial charge in [-0.05, 0) is 36.2 Å². The summed E-state index contributed by atoms with van der Waals surface area (Å²) >= 11 is 5.98. The smallest absolute Gasteiger partial charge is 0.274 e. The molecule has 0 atom stereocenters. The number of aromatic nitrogens is 3. The molecule has 25 heavy (non-hydrogen) atoms. The molecule has 126 valence electrons. The van der Waals surface area contributed by atoms with E-state index in [0.29, 0.717) is 23.1 Å². The molecule has 2 heterocycles. The molecule has 0 unspecified atom stereocenters. The van der Waals surface area contributed by atoms with E-state index in [0.717, 1.165) is 11.1 Å². The molecular weight excluding hydrogens is 338 g/mol. The number of rotatable bonds is 5. The highest BCUT2D eigenvalue weighted by molar-refractivity contribution is 6.31. The third kappa shape index (κ3) is 4.51. The highest BCUT2D eigenvalue weighted by Gasteiger charge is 2.11. The van der Waals surface area contributed by atoms with Crippen molar-refractivity contribution in [1.29, 1.82) is 0 Å². The fraction of sp³-hybridized carbons (Fsp3) is 0.111. The number of hydrogen-bond acceptors (Lipinski definition) is 5. The van der Waals surface area contributed by atoms with Gasteiger partial charge in [-0.3, -0.25) is 9.78 Å². The molecule has 2 N–H and O–H groups in total. The summed E-state index contributed by atoms with van der Waals surface area (Å²) in [7, 11) is 0. The Morgan fingerprint density at radius 3 is 2.88 bits per heavy atom. The average molecular weight is 354 g/mol.